The van der Waals surface area contributed by atoms with Gasteiger partial charge in [0.15, 0.2) is 0 Å². The average molecular weight is 256 g/mol. The van der Waals surface area contributed by atoms with Crippen molar-refractivity contribution in [3.05, 3.63) is 34.1 Å². The van der Waals surface area contributed by atoms with Crippen LogP contribution in [-0.2, 0) is 5.41 Å². The predicted molar refractivity (Wildman–Crippen MR) is 70.1 cm³/mol. The molecular weight excluding hydrogens is 237 g/mol. The fourth-order valence-electron chi connectivity index (χ4n) is 2.48. The number of hydrogen-bond acceptors (Lipinski definition) is 1. The normalized spacial score (nSPS) is 20.9. The van der Waals surface area contributed by atoms with Gasteiger partial charge in [0.1, 0.15) is 5.82 Å². The van der Waals surface area contributed by atoms with Crippen molar-refractivity contribution in [2.75, 3.05) is 6.54 Å². The van der Waals surface area contributed by atoms with E-state index in [-0.39, 0.29) is 17.3 Å². The highest BCUT2D eigenvalue weighted by Gasteiger charge is 2.27. The number of benzene rings is 1. The second-order valence-corrected chi connectivity index (χ2v) is 6.10. The van der Waals surface area contributed by atoms with Crippen molar-refractivity contribution in [1.82, 2.24) is 5.32 Å². The summed E-state index contributed by atoms with van der Waals surface area (Å²) >= 11 is 6.40. The van der Waals surface area contributed by atoms with Gasteiger partial charge in [0.25, 0.3) is 0 Å². The van der Waals surface area contributed by atoms with Crippen LogP contribution in [0.2, 0.25) is 5.02 Å². The first-order chi connectivity index (χ1) is 7.91. The van der Waals surface area contributed by atoms with E-state index in [9.17, 15) is 4.39 Å². The number of halogens is 2. The molecule has 3 heteroatoms. The number of rotatable bonds is 1. The lowest BCUT2D eigenvalue weighted by atomic mass is 9.84. The maximum absolute atomic E-state index is 13.9. The maximum Gasteiger partial charge on any atom is 0.128 e. The maximum atomic E-state index is 13.9. The summed E-state index contributed by atoms with van der Waals surface area (Å²) in [6.45, 7) is 6.98. The van der Waals surface area contributed by atoms with Crippen molar-refractivity contribution in [2.45, 2.75) is 45.1 Å². The molecular formula is C14H19ClFN. The predicted octanol–water partition coefficient (Wildman–Crippen LogP) is 4.20. The fourth-order valence-corrected chi connectivity index (χ4v) is 3.04. The van der Waals surface area contributed by atoms with Crippen LogP contribution in [0.3, 0.4) is 0 Å². The molecule has 17 heavy (non-hydrogen) atoms. The van der Waals surface area contributed by atoms with Gasteiger partial charge in [0.2, 0.25) is 0 Å². The fraction of sp³-hybridized carbons (Fsp3) is 0.571. The van der Waals surface area contributed by atoms with Crippen molar-refractivity contribution >= 4 is 11.6 Å². The Labute approximate surface area is 107 Å². The zero-order valence-electron chi connectivity index (χ0n) is 10.6. The van der Waals surface area contributed by atoms with E-state index in [4.69, 9.17) is 11.6 Å². The smallest absolute Gasteiger partial charge is 0.128 e. The summed E-state index contributed by atoms with van der Waals surface area (Å²) in [5.41, 5.74) is 1.40. The quantitative estimate of drug-likeness (QED) is 0.793. The minimum Gasteiger partial charge on any atom is -0.310 e. The zero-order valence-corrected chi connectivity index (χ0v) is 11.4. The highest BCUT2D eigenvalue weighted by Crippen LogP contribution is 2.38. The van der Waals surface area contributed by atoms with E-state index in [1.54, 1.807) is 6.07 Å². The Balaban J connectivity index is 2.49. The van der Waals surface area contributed by atoms with Crippen LogP contribution in [0.1, 0.15) is 50.8 Å². The molecule has 0 amide bonds. The Morgan fingerprint density at radius 1 is 1.35 bits per heavy atom. The molecule has 1 N–H and O–H groups in total. The van der Waals surface area contributed by atoms with Crippen LogP contribution in [0.15, 0.2) is 12.1 Å². The van der Waals surface area contributed by atoms with E-state index >= 15 is 0 Å². The molecule has 1 aromatic rings. The first-order valence-electron chi connectivity index (χ1n) is 6.13. The molecule has 0 spiro atoms. The second kappa shape index (κ2) is 4.58. The van der Waals surface area contributed by atoms with Gasteiger partial charge in [0.05, 0.1) is 5.02 Å². The number of nitrogens with one attached hydrogen (secondary N) is 1. The highest BCUT2D eigenvalue weighted by atomic mass is 35.5. The lowest BCUT2D eigenvalue weighted by Crippen LogP contribution is -2.18. The molecule has 1 aromatic carbocycles. The van der Waals surface area contributed by atoms with Gasteiger partial charge in [-0.3, -0.25) is 0 Å². The van der Waals surface area contributed by atoms with Crippen LogP contribution in [0.5, 0.6) is 0 Å². The van der Waals surface area contributed by atoms with E-state index < -0.39 is 0 Å². The summed E-state index contributed by atoms with van der Waals surface area (Å²) < 4.78 is 13.9. The third kappa shape index (κ3) is 2.48. The van der Waals surface area contributed by atoms with E-state index in [2.05, 4.69) is 5.32 Å². The monoisotopic (exact) mass is 255 g/mol. The average Bonchev–Trinajstić information content (AvgIpc) is 2.68. The van der Waals surface area contributed by atoms with Crippen molar-refractivity contribution in [3.8, 4) is 0 Å². The lowest BCUT2D eigenvalue weighted by molar-refractivity contribution is 0.519. The van der Waals surface area contributed by atoms with E-state index in [0.717, 1.165) is 24.9 Å². The summed E-state index contributed by atoms with van der Waals surface area (Å²) in [6, 6.07) is 3.64. The summed E-state index contributed by atoms with van der Waals surface area (Å²) in [5, 5.41) is 4.00. The van der Waals surface area contributed by atoms with Crippen LogP contribution in [0.25, 0.3) is 0 Å². The third-order valence-corrected chi connectivity index (χ3v) is 3.71. The Morgan fingerprint density at radius 2 is 2.06 bits per heavy atom. The summed E-state index contributed by atoms with van der Waals surface area (Å²) in [4.78, 5) is 0. The molecule has 1 aliphatic rings. The molecule has 0 aliphatic carbocycles. The van der Waals surface area contributed by atoms with E-state index in [1.807, 2.05) is 26.8 Å². The molecule has 1 unspecified atom stereocenters. The van der Waals surface area contributed by atoms with Gasteiger partial charge in [0, 0.05) is 11.6 Å². The van der Waals surface area contributed by atoms with Crippen molar-refractivity contribution in [3.63, 3.8) is 0 Å². The Bertz CT molecular complexity index is 417. The standard InChI is InChI=1S/C14H19ClFN/c1-14(2,3)12-10(16)7-6-9(13(12)15)11-5-4-8-17-11/h6-7,11,17H,4-5,8H2,1-3H3. The first-order valence-corrected chi connectivity index (χ1v) is 6.51. The Kier molecular flexibility index (Phi) is 3.46. The molecule has 1 saturated heterocycles. The molecule has 0 saturated carbocycles. The van der Waals surface area contributed by atoms with Crippen molar-refractivity contribution < 1.29 is 4.39 Å². The largest absolute Gasteiger partial charge is 0.310 e. The second-order valence-electron chi connectivity index (χ2n) is 5.72. The van der Waals surface area contributed by atoms with Crippen LogP contribution in [0.4, 0.5) is 4.39 Å². The zero-order chi connectivity index (χ0) is 12.6. The van der Waals surface area contributed by atoms with E-state index in [1.165, 1.54) is 0 Å². The van der Waals surface area contributed by atoms with E-state index in [0.29, 0.717) is 10.6 Å². The van der Waals surface area contributed by atoms with Crippen molar-refractivity contribution in [2.24, 2.45) is 0 Å². The Morgan fingerprint density at radius 3 is 2.59 bits per heavy atom. The van der Waals surface area contributed by atoms with Gasteiger partial charge in [-0.15, -0.1) is 0 Å². The van der Waals surface area contributed by atoms with Crippen LogP contribution < -0.4 is 5.32 Å². The first kappa shape index (κ1) is 12.8. The summed E-state index contributed by atoms with van der Waals surface area (Å²) in [6.07, 6.45) is 2.23. The highest BCUT2D eigenvalue weighted by molar-refractivity contribution is 6.32. The molecule has 1 heterocycles. The molecule has 0 radical (unpaired) electrons. The third-order valence-electron chi connectivity index (χ3n) is 3.31. The minimum absolute atomic E-state index is 0.204. The summed E-state index contributed by atoms with van der Waals surface area (Å²) in [7, 11) is 0. The topological polar surface area (TPSA) is 12.0 Å². The molecule has 2 rings (SSSR count). The molecule has 94 valence electrons. The molecule has 0 aromatic heterocycles. The van der Waals surface area contributed by atoms with Gasteiger partial charge < -0.3 is 5.32 Å². The molecule has 1 fully saturated rings. The van der Waals surface area contributed by atoms with Crippen LogP contribution in [0, 0.1) is 5.82 Å². The summed E-state index contributed by atoms with van der Waals surface area (Å²) in [5.74, 6) is -0.204. The molecule has 1 aliphatic heterocycles. The van der Waals surface area contributed by atoms with Crippen LogP contribution in [-0.4, -0.2) is 6.54 Å². The Hall–Kier alpha value is -0.600. The van der Waals surface area contributed by atoms with Crippen LogP contribution >= 0.6 is 11.6 Å². The van der Waals surface area contributed by atoms with Gasteiger partial charge in [-0.05, 0) is 36.4 Å². The number of hydrogen-bond donors (Lipinski definition) is 1. The van der Waals surface area contributed by atoms with Gasteiger partial charge >= 0.3 is 0 Å². The molecule has 1 atom stereocenters. The molecule has 1 nitrogen and oxygen atoms in total. The van der Waals surface area contributed by atoms with Gasteiger partial charge in [-0.1, -0.05) is 38.4 Å². The minimum atomic E-state index is -0.268. The lowest BCUT2D eigenvalue weighted by Gasteiger charge is -2.24. The van der Waals surface area contributed by atoms with Crippen molar-refractivity contribution in [1.29, 1.82) is 0 Å². The SMILES string of the molecule is CC(C)(C)c1c(F)ccc(C2CCCN2)c1Cl. The van der Waals surface area contributed by atoms with Gasteiger partial charge in [-0.25, -0.2) is 4.39 Å². The van der Waals surface area contributed by atoms with Gasteiger partial charge in [-0.2, -0.15) is 0 Å². The molecule has 0 bridgehead atoms.